The molecule has 0 spiro atoms. The van der Waals surface area contributed by atoms with E-state index >= 15 is 0 Å². The van der Waals surface area contributed by atoms with Crippen molar-refractivity contribution < 1.29 is 5.11 Å². The Morgan fingerprint density at radius 1 is 1.31 bits per heavy atom. The number of benzene rings is 1. The number of aryl methyl sites for hydroxylation is 1. The van der Waals surface area contributed by atoms with E-state index in [2.05, 4.69) is 4.98 Å². The lowest BCUT2D eigenvalue weighted by Crippen LogP contribution is -1.88. The van der Waals surface area contributed by atoms with E-state index < -0.39 is 0 Å². The third kappa shape index (κ3) is 1.28. The third-order valence-electron chi connectivity index (χ3n) is 1.98. The minimum absolute atomic E-state index is 0.0885. The van der Waals surface area contributed by atoms with Crippen molar-refractivity contribution in [2.75, 3.05) is 5.73 Å². The van der Waals surface area contributed by atoms with Crippen LogP contribution in [0.1, 0.15) is 5.69 Å². The molecule has 0 bridgehead atoms. The van der Waals surface area contributed by atoms with Crippen molar-refractivity contribution in [3.63, 3.8) is 0 Å². The average molecular weight is 174 g/mol. The van der Waals surface area contributed by atoms with Gasteiger partial charge in [0.1, 0.15) is 5.75 Å². The predicted octanol–water partition coefficient (Wildman–Crippen LogP) is 1.83. The number of pyridine rings is 1. The molecule has 0 saturated heterocycles. The van der Waals surface area contributed by atoms with Gasteiger partial charge in [0.15, 0.2) is 0 Å². The summed E-state index contributed by atoms with van der Waals surface area (Å²) in [7, 11) is 0. The second kappa shape index (κ2) is 2.62. The largest absolute Gasteiger partial charge is 0.506 e. The van der Waals surface area contributed by atoms with Crippen molar-refractivity contribution in [1.29, 1.82) is 0 Å². The van der Waals surface area contributed by atoms with Crippen molar-refractivity contribution in [3.05, 3.63) is 30.0 Å². The molecule has 66 valence electrons. The highest BCUT2D eigenvalue weighted by Crippen LogP contribution is 2.25. The van der Waals surface area contributed by atoms with Crippen LogP contribution in [0.4, 0.5) is 5.69 Å². The molecule has 1 aromatic heterocycles. The van der Waals surface area contributed by atoms with Crippen LogP contribution in [0.3, 0.4) is 0 Å². The zero-order valence-electron chi connectivity index (χ0n) is 7.28. The van der Waals surface area contributed by atoms with E-state index in [9.17, 15) is 5.11 Å². The highest BCUT2D eigenvalue weighted by molar-refractivity contribution is 5.84. The van der Waals surface area contributed by atoms with E-state index in [0.717, 1.165) is 16.6 Å². The molecule has 1 heterocycles. The van der Waals surface area contributed by atoms with Crippen LogP contribution in [-0.2, 0) is 0 Å². The molecule has 3 N–H and O–H groups in total. The molecule has 0 aliphatic rings. The Morgan fingerprint density at radius 2 is 2.08 bits per heavy atom. The van der Waals surface area contributed by atoms with Crippen molar-refractivity contribution in [2.45, 2.75) is 6.92 Å². The summed E-state index contributed by atoms with van der Waals surface area (Å²) in [4.78, 5) is 4.26. The fraction of sp³-hybridized carbons (Fsp3) is 0.100. The molecule has 1 aromatic carbocycles. The number of hydrogen-bond donors (Lipinski definition) is 2. The van der Waals surface area contributed by atoms with E-state index in [4.69, 9.17) is 5.73 Å². The van der Waals surface area contributed by atoms with E-state index in [0.29, 0.717) is 5.69 Å². The van der Waals surface area contributed by atoms with Gasteiger partial charge in [0, 0.05) is 17.1 Å². The van der Waals surface area contributed by atoms with Crippen molar-refractivity contribution >= 4 is 16.6 Å². The molecular formula is C10H10N2O. The fourth-order valence-electron chi connectivity index (χ4n) is 1.28. The fourth-order valence-corrected chi connectivity index (χ4v) is 1.28. The molecule has 0 atom stereocenters. The number of aromatic hydroxyl groups is 1. The van der Waals surface area contributed by atoms with E-state index in [1.807, 2.05) is 19.1 Å². The first kappa shape index (κ1) is 7.86. The first-order valence-electron chi connectivity index (χ1n) is 4.02. The monoisotopic (exact) mass is 174 g/mol. The van der Waals surface area contributed by atoms with Crippen LogP contribution < -0.4 is 5.73 Å². The Morgan fingerprint density at radius 3 is 2.85 bits per heavy atom. The molecule has 0 radical (unpaired) electrons. The molecule has 2 rings (SSSR count). The van der Waals surface area contributed by atoms with Crippen LogP contribution in [0.5, 0.6) is 5.75 Å². The lowest BCUT2D eigenvalue weighted by Gasteiger charge is -2.02. The zero-order chi connectivity index (χ0) is 9.42. The number of fused-ring (bicyclic) bond motifs is 1. The maximum atomic E-state index is 9.34. The summed E-state index contributed by atoms with van der Waals surface area (Å²) in [6.07, 6.45) is 0. The number of aromatic nitrogens is 1. The Balaban J connectivity index is 2.81. The maximum absolute atomic E-state index is 9.34. The van der Waals surface area contributed by atoms with Crippen LogP contribution >= 0.6 is 0 Å². The number of nitrogens with zero attached hydrogens (tertiary/aromatic N) is 1. The summed E-state index contributed by atoms with van der Waals surface area (Å²) in [6.45, 7) is 1.91. The van der Waals surface area contributed by atoms with E-state index in [1.54, 1.807) is 12.1 Å². The molecule has 3 nitrogen and oxygen atoms in total. The zero-order valence-corrected chi connectivity index (χ0v) is 7.28. The first-order valence-corrected chi connectivity index (χ1v) is 4.02. The molecule has 0 aliphatic carbocycles. The van der Waals surface area contributed by atoms with Crippen LogP contribution in [-0.4, -0.2) is 10.1 Å². The second-order valence-corrected chi connectivity index (χ2v) is 3.06. The topological polar surface area (TPSA) is 59.1 Å². The van der Waals surface area contributed by atoms with Gasteiger partial charge in [-0.25, -0.2) is 0 Å². The minimum Gasteiger partial charge on any atom is -0.506 e. The van der Waals surface area contributed by atoms with Gasteiger partial charge in [0.05, 0.1) is 11.2 Å². The van der Waals surface area contributed by atoms with Gasteiger partial charge in [0.25, 0.3) is 0 Å². The Hall–Kier alpha value is -1.77. The minimum atomic E-state index is 0.0885. The molecule has 0 fully saturated rings. The molecule has 0 saturated carbocycles. The van der Waals surface area contributed by atoms with E-state index in [1.165, 1.54) is 0 Å². The number of hydrogen-bond acceptors (Lipinski definition) is 3. The Kier molecular flexibility index (Phi) is 1.59. The summed E-state index contributed by atoms with van der Waals surface area (Å²) < 4.78 is 0. The molecule has 13 heavy (non-hydrogen) atoms. The normalized spacial score (nSPS) is 10.5. The van der Waals surface area contributed by atoms with Crippen molar-refractivity contribution in [1.82, 2.24) is 4.98 Å². The summed E-state index contributed by atoms with van der Waals surface area (Å²) in [5.41, 5.74) is 7.63. The lowest BCUT2D eigenvalue weighted by atomic mass is 10.2. The van der Waals surface area contributed by atoms with Crippen LogP contribution in [0.15, 0.2) is 24.3 Å². The quantitative estimate of drug-likeness (QED) is 0.473. The number of anilines is 1. The van der Waals surface area contributed by atoms with Gasteiger partial charge in [-0.2, -0.15) is 0 Å². The summed E-state index contributed by atoms with van der Waals surface area (Å²) in [5, 5.41) is 10.3. The number of phenolic OH excluding ortho intramolecular Hbond substituents is 1. The first-order chi connectivity index (χ1) is 6.16. The SMILES string of the molecule is Cc1ccc2cc(N)c(O)cc2n1. The smallest absolute Gasteiger partial charge is 0.140 e. The molecule has 0 unspecified atom stereocenters. The summed E-state index contributed by atoms with van der Waals surface area (Å²) >= 11 is 0. The standard InChI is InChI=1S/C10H10N2O/c1-6-2-3-7-4-8(11)10(13)5-9(7)12-6/h2-5,13H,11H2,1H3. The number of rotatable bonds is 0. The molecular weight excluding hydrogens is 164 g/mol. The number of nitrogen functional groups attached to an aromatic ring is 1. The molecule has 3 heteroatoms. The van der Waals surface area contributed by atoms with Crippen molar-refractivity contribution in [2.24, 2.45) is 0 Å². The lowest BCUT2D eigenvalue weighted by molar-refractivity contribution is 0.478. The maximum Gasteiger partial charge on any atom is 0.140 e. The second-order valence-electron chi connectivity index (χ2n) is 3.06. The van der Waals surface area contributed by atoms with Crippen LogP contribution in [0.25, 0.3) is 10.9 Å². The van der Waals surface area contributed by atoms with Gasteiger partial charge in [-0.1, -0.05) is 6.07 Å². The van der Waals surface area contributed by atoms with Crippen molar-refractivity contribution in [3.8, 4) is 5.75 Å². The number of nitrogens with two attached hydrogens (primary N) is 1. The van der Waals surface area contributed by atoms with Gasteiger partial charge >= 0.3 is 0 Å². The highest BCUT2D eigenvalue weighted by atomic mass is 16.3. The van der Waals surface area contributed by atoms with E-state index in [-0.39, 0.29) is 5.75 Å². The van der Waals surface area contributed by atoms with Gasteiger partial charge in [-0.15, -0.1) is 0 Å². The summed E-state index contributed by atoms with van der Waals surface area (Å²) in [6, 6.07) is 7.15. The molecule has 2 aromatic rings. The number of phenols is 1. The average Bonchev–Trinajstić information content (AvgIpc) is 2.08. The van der Waals surface area contributed by atoms with Crippen LogP contribution in [0, 0.1) is 6.92 Å². The summed E-state index contributed by atoms with van der Waals surface area (Å²) in [5.74, 6) is 0.0885. The predicted molar refractivity (Wildman–Crippen MR) is 52.6 cm³/mol. The third-order valence-corrected chi connectivity index (χ3v) is 1.98. The van der Waals surface area contributed by atoms with Crippen LogP contribution in [0.2, 0.25) is 0 Å². The highest BCUT2D eigenvalue weighted by Gasteiger charge is 2.00. The van der Waals surface area contributed by atoms with Gasteiger partial charge in [-0.05, 0) is 19.1 Å². The Labute approximate surface area is 75.8 Å². The van der Waals surface area contributed by atoms with Gasteiger partial charge < -0.3 is 10.8 Å². The van der Waals surface area contributed by atoms with Gasteiger partial charge in [0.2, 0.25) is 0 Å². The van der Waals surface area contributed by atoms with Gasteiger partial charge in [-0.3, -0.25) is 4.98 Å². The Bertz CT molecular complexity index is 466. The molecule has 0 amide bonds. The molecule has 0 aliphatic heterocycles.